The lowest BCUT2D eigenvalue weighted by molar-refractivity contribution is -0.151. The van der Waals surface area contributed by atoms with E-state index in [9.17, 15) is 9.90 Å². The molecule has 0 amide bonds. The quantitative estimate of drug-likeness (QED) is 0.417. The van der Waals surface area contributed by atoms with Crippen LogP contribution in [0, 0.1) is 23.2 Å². The molecule has 0 aromatic carbocycles. The van der Waals surface area contributed by atoms with E-state index in [1.807, 2.05) is 0 Å². The number of hydrogen-bond donors (Lipinski definition) is 1. The average molecular weight is 439 g/mol. The predicted molar refractivity (Wildman–Crippen MR) is 124 cm³/mol. The average Bonchev–Trinajstić information content (AvgIpc) is 2.89. The Bertz CT molecular complexity index is 619. The van der Waals surface area contributed by atoms with Gasteiger partial charge in [0.05, 0.1) is 12.2 Å². The van der Waals surface area contributed by atoms with Crippen molar-refractivity contribution in [2.24, 2.45) is 23.2 Å². The van der Waals surface area contributed by atoms with Crippen LogP contribution in [0.5, 0.6) is 0 Å². The second kappa shape index (κ2) is 8.51. The van der Waals surface area contributed by atoms with E-state index >= 15 is 0 Å². The summed E-state index contributed by atoms with van der Waals surface area (Å²) in [5.74, 6) is 1.44. The first-order chi connectivity index (χ1) is 13.8. The van der Waals surface area contributed by atoms with Crippen LogP contribution in [0.2, 0.25) is 18.1 Å². The molecule has 0 aliphatic heterocycles. The fourth-order valence-corrected chi connectivity index (χ4v) is 7.77. The van der Waals surface area contributed by atoms with Crippen molar-refractivity contribution in [2.75, 3.05) is 6.61 Å². The highest BCUT2D eigenvalue weighted by molar-refractivity contribution is 6.74. The van der Waals surface area contributed by atoms with Gasteiger partial charge in [-0.1, -0.05) is 27.7 Å². The van der Waals surface area contributed by atoms with Crippen LogP contribution >= 0.6 is 0 Å². The van der Waals surface area contributed by atoms with Crippen LogP contribution in [0.4, 0.5) is 0 Å². The van der Waals surface area contributed by atoms with Gasteiger partial charge in [-0.25, -0.2) is 0 Å². The molecule has 3 saturated carbocycles. The van der Waals surface area contributed by atoms with Gasteiger partial charge in [0, 0.05) is 24.4 Å². The van der Waals surface area contributed by atoms with Crippen molar-refractivity contribution in [3.05, 3.63) is 0 Å². The summed E-state index contributed by atoms with van der Waals surface area (Å²) in [4.78, 5) is 11.3. The summed E-state index contributed by atoms with van der Waals surface area (Å²) in [6.07, 6.45) is 10.3. The summed E-state index contributed by atoms with van der Waals surface area (Å²) in [7, 11) is -1.69. The topological polar surface area (TPSA) is 55.8 Å². The number of esters is 1. The van der Waals surface area contributed by atoms with Gasteiger partial charge in [0.1, 0.15) is 0 Å². The Morgan fingerprint density at radius 3 is 2.23 bits per heavy atom. The molecule has 174 valence electrons. The van der Waals surface area contributed by atoms with Gasteiger partial charge in [0.15, 0.2) is 8.32 Å². The third-order valence-corrected chi connectivity index (χ3v) is 14.2. The number of aliphatic hydroxyl groups is 1. The zero-order valence-corrected chi connectivity index (χ0v) is 21.6. The molecule has 0 aromatic rings. The summed E-state index contributed by atoms with van der Waals surface area (Å²) in [6.45, 7) is 15.9. The smallest absolute Gasteiger partial charge is 0.302 e. The SMILES string of the molecule is CC(=O)OC[C@H]1CC[C@]2(O)C[C@@H](C3CCC(O[Si](C)(C)C(C)(C)C)CC3)CC[C@]12C. The van der Waals surface area contributed by atoms with E-state index in [1.54, 1.807) is 0 Å². The number of ether oxygens (including phenoxy) is 1. The monoisotopic (exact) mass is 438 g/mol. The minimum absolute atomic E-state index is 0.110. The first-order valence-corrected chi connectivity index (χ1v) is 15.2. The normalized spacial score (nSPS) is 40.1. The summed E-state index contributed by atoms with van der Waals surface area (Å²) in [5, 5.41) is 11.9. The third kappa shape index (κ3) is 4.68. The van der Waals surface area contributed by atoms with Crippen molar-refractivity contribution in [1.82, 2.24) is 0 Å². The van der Waals surface area contributed by atoms with E-state index in [4.69, 9.17) is 9.16 Å². The van der Waals surface area contributed by atoms with Crippen LogP contribution < -0.4 is 0 Å². The number of rotatable bonds is 5. The fraction of sp³-hybridized carbons (Fsp3) is 0.960. The zero-order chi connectivity index (χ0) is 22.4. The largest absolute Gasteiger partial charge is 0.466 e. The maximum atomic E-state index is 11.6. The van der Waals surface area contributed by atoms with Crippen molar-refractivity contribution in [3.63, 3.8) is 0 Å². The number of carbonyl (C=O) groups excluding carboxylic acids is 1. The predicted octanol–water partition coefficient (Wildman–Crippen LogP) is 6.08. The van der Waals surface area contributed by atoms with Crippen LogP contribution in [0.25, 0.3) is 0 Å². The zero-order valence-electron chi connectivity index (χ0n) is 20.6. The van der Waals surface area contributed by atoms with E-state index in [-0.39, 0.29) is 16.4 Å². The first-order valence-electron chi connectivity index (χ1n) is 12.3. The Morgan fingerprint density at radius 2 is 1.67 bits per heavy atom. The summed E-state index contributed by atoms with van der Waals surface area (Å²) in [5.41, 5.74) is -0.698. The Balaban J connectivity index is 1.55. The van der Waals surface area contributed by atoms with Gasteiger partial charge in [-0.3, -0.25) is 4.79 Å². The van der Waals surface area contributed by atoms with E-state index in [0.717, 1.165) is 31.6 Å². The van der Waals surface area contributed by atoms with Crippen molar-refractivity contribution < 1.29 is 19.1 Å². The number of fused-ring (bicyclic) bond motifs is 1. The van der Waals surface area contributed by atoms with Gasteiger partial charge in [-0.2, -0.15) is 0 Å². The van der Waals surface area contributed by atoms with Crippen LogP contribution in [-0.2, 0) is 14.0 Å². The van der Waals surface area contributed by atoms with Gasteiger partial charge in [0.2, 0.25) is 0 Å². The van der Waals surface area contributed by atoms with Crippen molar-refractivity contribution >= 4 is 14.3 Å². The molecule has 0 spiro atoms. The molecule has 0 saturated heterocycles. The van der Waals surface area contributed by atoms with E-state index in [2.05, 4.69) is 40.8 Å². The molecule has 4 atom stereocenters. The highest BCUT2D eigenvalue weighted by atomic mass is 28.4. The fourth-order valence-electron chi connectivity index (χ4n) is 6.35. The van der Waals surface area contributed by atoms with Crippen LogP contribution in [0.15, 0.2) is 0 Å². The van der Waals surface area contributed by atoms with Crippen LogP contribution in [-0.4, -0.2) is 37.7 Å². The molecule has 3 aliphatic carbocycles. The lowest BCUT2D eigenvalue weighted by Crippen LogP contribution is -2.52. The molecule has 0 radical (unpaired) electrons. The molecule has 3 aliphatic rings. The lowest BCUT2D eigenvalue weighted by Gasteiger charge is -2.51. The van der Waals surface area contributed by atoms with Gasteiger partial charge in [0.25, 0.3) is 0 Å². The molecular formula is C25H46O4Si. The standard InChI is InChI=1S/C25H46O4Si/c1-18(26)28-17-21-13-15-25(27)16-20(12-14-24(21,25)5)19-8-10-22(11-9-19)29-30(6,7)23(2,3)4/h19-22,27H,8-17H2,1-7H3/t19?,20-,21+,22?,24+,25-/m0/s1. The second-order valence-electron chi connectivity index (χ2n) is 12.4. The van der Waals surface area contributed by atoms with E-state index < -0.39 is 13.9 Å². The number of carbonyl (C=O) groups is 1. The van der Waals surface area contributed by atoms with Crippen molar-refractivity contribution in [1.29, 1.82) is 0 Å². The molecule has 5 heteroatoms. The minimum Gasteiger partial charge on any atom is -0.466 e. The summed E-state index contributed by atoms with van der Waals surface area (Å²) < 4.78 is 12.0. The molecule has 3 rings (SSSR count). The molecular weight excluding hydrogens is 392 g/mol. The Hall–Kier alpha value is -0.393. The first kappa shape index (κ1) is 24.3. The highest BCUT2D eigenvalue weighted by Gasteiger charge is 2.59. The molecule has 4 nitrogen and oxygen atoms in total. The molecule has 0 unspecified atom stereocenters. The van der Waals surface area contributed by atoms with Gasteiger partial charge in [-0.05, 0) is 87.8 Å². The second-order valence-corrected chi connectivity index (χ2v) is 17.2. The Morgan fingerprint density at radius 1 is 1.03 bits per heavy atom. The Kier molecular flexibility index (Phi) is 6.88. The molecule has 3 fully saturated rings. The maximum absolute atomic E-state index is 11.6. The van der Waals surface area contributed by atoms with E-state index in [1.165, 1.54) is 39.0 Å². The van der Waals surface area contributed by atoms with Gasteiger partial charge in [-0.15, -0.1) is 0 Å². The van der Waals surface area contributed by atoms with E-state index in [0.29, 0.717) is 24.5 Å². The molecule has 30 heavy (non-hydrogen) atoms. The minimum atomic E-state index is -1.69. The van der Waals surface area contributed by atoms with Crippen molar-refractivity contribution in [2.45, 2.75) is 122 Å². The lowest BCUT2D eigenvalue weighted by atomic mass is 9.57. The van der Waals surface area contributed by atoms with Gasteiger partial charge >= 0.3 is 5.97 Å². The molecule has 0 heterocycles. The highest BCUT2D eigenvalue weighted by Crippen LogP contribution is 2.60. The third-order valence-electron chi connectivity index (χ3n) is 9.65. The van der Waals surface area contributed by atoms with Gasteiger partial charge < -0.3 is 14.3 Å². The van der Waals surface area contributed by atoms with Crippen LogP contribution in [0.3, 0.4) is 0 Å². The van der Waals surface area contributed by atoms with Crippen molar-refractivity contribution in [3.8, 4) is 0 Å². The summed E-state index contributed by atoms with van der Waals surface area (Å²) in [6, 6.07) is 0. The molecule has 0 aromatic heterocycles. The number of hydrogen-bond acceptors (Lipinski definition) is 4. The van der Waals surface area contributed by atoms with Crippen LogP contribution in [0.1, 0.15) is 92.4 Å². The Labute approximate surface area is 185 Å². The molecule has 1 N–H and O–H groups in total. The maximum Gasteiger partial charge on any atom is 0.302 e. The summed E-state index contributed by atoms with van der Waals surface area (Å²) >= 11 is 0. The molecule has 0 bridgehead atoms.